The Bertz CT molecular complexity index is 926. The SMILES string of the molecule is CC(=O)Nc1ccc(NC(=O)c2ccc3c(c2)ncn3C(C)C)cc1. The maximum atomic E-state index is 12.4. The summed E-state index contributed by atoms with van der Waals surface area (Å²) < 4.78 is 2.07. The van der Waals surface area contributed by atoms with Crippen molar-refractivity contribution in [2.45, 2.75) is 26.8 Å². The summed E-state index contributed by atoms with van der Waals surface area (Å²) in [4.78, 5) is 27.8. The maximum absolute atomic E-state index is 12.4. The van der Waals surface area contributed by atoms with Crippen molar-refractivity contribution < 1.29 is 9.59 Å². The van der Waals surface area contributed by atoms with Crippen molar-refractivity contribution in [3.8, 4) is 0 Å². The predicted octanol–water partition coefficient (Wildman–Crippen LogP) is 3.83. The molecule has 0 atom stereocenters. The van der Waals surface area contributed by atoms with E-state index < -0.39 is 0 Å². The van der Waals surface area contributed by atoms with E-state index in [0.717, 1.165) is 11.0 Å². The van der Waals surface area contributed by atoms with Crippen LogP contribution in [-0.4, -0.2) is 21.4 Å². The molecule has 2 amide bonds. The van der Waals surface area contributed by atoms with Gasteiger partial charge in [-0.25, -0.2) is 4.98 Å². The summed E-state index contributed by atoms with van der Waals surface area (Å²) in [6, 6.07) is 12.8. The highest BCUT2D eigenvalue weighted by atomic mass is 16.2. The highest BCUT2D eigenvalue weighted by Gasteiger charge is 2.11. The Morgan fingerprint density at radius 2 is 1.64 bits per heavy atom. The molecule has 0 saturated carbocycles. The van der Waals surface area contributed by atoms with Gasteiger partial charge < -0.3 is 15.2 Å². The number of hydrogen-bond donors (Lipinski definition) is 2. The number of nitrogens with zero attached hydrogens (tertiary/aromatic N) is 2. The number of hydrogen-bond acceptors (Lipinski definition) is 3. The molecule has 0 spiro atoms. The summed E-state index contributed by atoms with van der Waals surface area (Å²) in [7, 11) is 0. The number of rotatable bonds is 4. The van der Waals surface area contributed by atoms with Crippen LogP contribution in [0.5, 0.6) is 0 Å². The molecule has 6 nitrogen and oxygen atoms in total. The molecule has 128 valence electrons. The average Bonchev–Trinajstić information content (AvgIpc) is 2.99. The van der Waals surface area contributed by atoms with Crippen LogP contribution in [0.1, 0.15) is 37.2 Å². The fraction of sp³-hybridized carbons (Fsp3) is 0.211. The van der Waals surface area contributed by atoms with Crippen LogP contribution in [0.2, 0.25) is 0 Å². The molecule has 6 heteroatoms. The first kappa shape index (κ1) is 16.7. The number of carbonyl (C=O) groups is 2. The molecule has 2 aromatic carbocycles. The maximum Gasteiger partial charge on any atom is 0.255 e. The zero-order valence-corrected chi connectivity index (χ0v) is 14.4. The first-order chi connectivity index (χ1) is 11.9. The second-order valence-electron chi connectivity index (χ2n) is 6.16. The smallest absolute Gasteiger partial charge is 0.255 e. The van der Waals surface area contributed by atoms with Crippen LogP contribution in [0.25, 0.3) is 11.0 Å². The minimum absolute atomic E-state index is 0.133. The lowest BCUT2D eigenvalue weighted by Crippen LogP contribution is -2.12. The number of nitrogens with one attached hydrogen (secondary N) is 2. The van der Waals surface area contributed by atoms with Crippen molar-refractivity contribution in [2.24, 2.45) is 0 Å². The molecule has 2 N–H and O–H groups in total. The molecule has 3 aromatic rings. The van der Waals surface area contributed by atoms with Crippen molar-refractivity contribution in [3.05, 3.63) is 54.4 Å². The molecule has 1 heterocycles. The molecule has 0 radical (unpaired) electrons. The fourth-order valence-electron chi connectivity index (χ4n) is 2.63. The number of aromatic nitrogens is 2. The van der Waals surface area contributed by atoms with Gasteiger partial charge in [-0.2, -0.15) is 0 Å². The molecule has 1 aromatic heterocycles. The van der Waals surface area contributed by atoms with Gasteiger partial charge in [0, 0.05) is 29.9 Å². The standard InChI is InChI=1S/C19H20N4O2/c1-12(2)23-11-20-17-10-14(4-9-18(17)23)19(25)22-16-7-5-15(6-8-16)21-13(3)24/h4-12H,1-3H3,(H,21,24)(H,22,25). The van der Waals surface area contributed by atoms with Gasteiger partial charge in [-0.05, 0) is 56.3 Å². The molecule has 0 fully saturated rings. The highest BCUT2D eigenvalue weighted by Crippen LogP contribution is 2.20. The summed E-state index contributed by atoms with van der Waals surface area (Å²) in [5.41, 5.74) is 3.69. The van der Waals surface area contributed by atoms with Gasteiger partial charge in [0.05, 0.1) is 17.4 Å². The Hall–Kier alpha value is -3.15. The first-order valence-electron chi connectivity index (χ1n) is 8.09. The molecule has 25 heavy (non-hydrogen) atoms. The summed E-state index contributed by atoms with van der Waals surface area (Å²) >= 11 is 0. The topological polar surface area (TPSA) is 76.0 Å². The van der Waals surface area contributed by atoms with E-state index in [0.29, 0.717) is 23.0 Å². The molecule has 0 aliphatic carbocycles. The number of benzene rings is 2. The van der Waals surface area contributed by atoms with Crippen LogP contribution in [0, 0.1) is 0 Å². The number of carbonyl (C=O) groups excluding carboxylic acids is 2. The van der Waals surface area contributed by atoms with E-state index in [2.05, 4.69) is 34.0 Å². The van der Waals surface area contributed by atoms with Crippen molar-refractivity contribution in [3.63, 3.8) is 0 Å². The third kappa shape index (κ3) is 3.68. The average molecular weight is 336 g/mol. The van der Waals surface area contributed by atoms with E-state index in [-0.39, 0.29) is 11.8 Å². The number of fused-ring (bicyclic) bond motifs is 1. The summed E-state index contributed by atoms with van der Waals surface area (Å²) in [6.07, 6.45) is 1.79. The van der Waals surface area contributed by atoms with Crippen LogP contribution in [0.3, 0.4) is 0 Å². The molecule has 0 aliphatic heterocycles. The summed E-state index contributed by atoms with van der Waals surface area (Å²) in [5, 5.41) is 5.53. The second-order valence-corrected chi connectivity index (χ2v) is 6.16. The van der Waals surface area contributed by atoms with E-state index in [1.807, 2.05) is 6.07 Å². The van der Waals surface area contributed by atoms with E-state index in [4.69, 9.17) is 0 Å². The van der Waals surface area contributed by atoms with Gasteiger partial charge in [-0.15, -0.1) is 0 Å². The Labute approximate surface area is 145 Å². The van der Waals surface area contributed by atoms with Crippen LogP contribution in [0.15, 0.2) is 48.8 Å². The van der Waals surface area contributed by atoms with Gasteiger partial charge in [0.25, 0.3) is 5.91 Å². The molecule has 0 unspecified atom stereocenters. The van der Waals surface area contributed by atoms with E-state index in [1.54, 1.807) is 42.7 Å². The Kier molecular flexibility index (Phi) is 4.52. The van der Waals surface area contributed by atoms with Crippen molar-refractivity contribution in [1.29, 1.82) is 0 Å². The van der Waals surface area contributed by atoms with Crippen LogP contribution in [0.4, 0.5) is 11.4 Å². The summed E-state index contributed by atoms with van der Waals surface area (Å²) in [6.45, 7) is 5.63. The molecular formula is C19H20N4O2. The van der Waals surface area contributed by atoms with Crippen LogP contribution in [-0.2, 0) is 4.79 Å². The molecular weight excluding hydrogens is 316 g/mol. The highest BCUT2D eigenvalue weighted by molar-refractivity contribution is 6.06. The predicted molar refractivity (Wildman–Crippen MR) is 98.8 cm³/mol. The Balaban J connectivity index is 1.76. The van der Waals surface area contributed by atoms with Gasteiger partial charge in [0.15, 0.2) is 0 Å². The molecule has 3 rings (SSSR count). The van der Waals surface area contributed by atoms with E-state index in [1.165, 1.54) is 6.92 Å². The third-order valence-corrected chi connectivity index (χ3v) is 3.86. The molecule has 0 saturated heterocycles. The Morgan fingerprint density at radius 3 is 2.24 bits per heavy atom. The quantitative estimate of drug-likeness (QED) is 0.760. The zero-order chi connectivity index (χ0) is 18.0. The first-order valence-corrected chi connectivity index (χ1v) is 8.09. The second kappa shape index (κ2) is 6.76. The monoisotopic (exact) mass is 336 g/mol. The minimum Gasteiger partial charge on any atom is -0.328 e. The Morgan fingerprint density at radius 1 is 1.00 bits per heavy atom. The lowest BCUT2D eigenvalue weighted by atomic mass is 10.1. The molecule has 0 bridgehead atoms. The largest absolute Gasteiger partial charge is 0.328 e. The van der Waals surface area contributed by atoms with Gasteiger partial charge in [0.1, 0.15) is 0 Å². The van der Waals surface area contributed by atoms with Crippen LogP contribution < -0.4 is 10.6 Å². The normalized spacial score (nSPS) is 10.9. The number of anilines is 2. The van der Waals surface area contributed by atoms with Gasteiger partial charge in [-0.1, -0.05) is 0 Å². The van der Waals surface area contributed by atoms with Crippen molar-refractivity contribution in [1.82, 2.24) is 9.55 Å². The van der Waals surface area contributed by atoms with Gasteiger partial charge in [0.2, 0.25) is 5.91 Å². The van der Waals surface area contributed by atoms with E-state index in [9.17, 15) is 9.59 Å². The van der Waals surface area contributed by atoms with Crippen molar-refractivity contribution in [2.75, 3.05) is 10.6 Å². The molecule has 0 aliphatic rings. The van der Waals surface area contributed by atoms with Gasteiger partial charge >= 0.3 is 0 Å². The van der Waals surface area contributed by atoms with Gasteiger partial charge in [-0.3, -0.25) is 9.59 Å². The minimum atomic E-state index is -0.201. The number of amides is 2. The fourth-order valence-corrected chi connectivity index (χ4v) is 2.63. The zero-order valence-electron chi connectivity index (χ0n) is 14.4. The van der Waals surface area contributed by atoms with Crippen molar-refractivity contribution >= 4 is 34.2 Å². The lowest BCUT2D eigenvalue weighted by Gasteiger charge is -2.09. The summed E-state index contributed by atoms with van der Waals surface area (Å²) in [5.74, 6) is -0.334. The number of imidazole rings is 1. The lowest BCUT2D eigenvalue weighted by molar-refractivity contribution is -0.114. The van der Waals surface area contributed by atoms with Crippen LogP contribution >= 0.6 is 0 Å². The van der Waals surface area contributed by atoms with E-state index >= 15 is 0 Å². The third-order valence-electron chi connectivity index (χ3n) is 3.86.